The maximum absolute atomic E-state index is 10.3. The molecule has 2 aliphatic heterocycles. The van der Waals surface area contributed by atoms with E-state index in [2.05, 4.69) is 17.9 Å². The molecule has 4 atom stereocenters. The highest BCUT2D eigenvalue weighted by Gasteiger charge is 2.43. The average molecular weight is 249 g/mol. The summed E-state index contributed by atoms with van der Waals surface area (Å²) in [4.78, 5) is 2.52. The molecule has 18 heavy (non-hydrogen) atoms. The maximum Gasteiger partial charge on any atom is 0.0950 e. The lowest BCUT2D eigenvalue weighted by molar-refractivity contribution is -0.0852. The first kappa shape index (κ1) is 12.2. The number of nitrogens with zero attached hydrogens (tertiary/aromatic N) is 1. The quantitative estimate of drug-likeness (QED) is 0.831. The van der Waals surface area contributed by atoms with Crippen molar-refractivity contribution >= 4 is 0 Å². The van der Waals surface area contributed by atoms with Gasteiger partial charge in [-0.25, -0.2) is 0 Å². The van der Waals surface area contributed by atoms with Crippen molar-refractivity contribution in [2.24, 2.45) is 5.92 Å². The van der Waals surface area contributed by atoms with Crippen molar-refractivity contribution in [2.45, 2.75) is 57.2 Å². The fourth-order valence-electron chi connectivity index (χ4n) is 3.77. The van der Waals surface area contributed by atoms with Crippen LogP contribution in [0.1, 0.15) is 51.1 Å². The molecule has 2 saturated heterocycles. The summed E-state index contributed by atoms with van der Waals surface area (Å²) in [6.07, 6.45) is 8.11. The largest absolute Gasteiger partial charge is 0.472 e. The molecule has 3 heterocycles. The van der Waals surface area contributed by atoms with E-state index in [-0.39, 0.29) is 0 Å². The number of fused-ring (bicyclic) bond motifs is 1. The molecule has 0 radical (unpaired) electrons. The van der Waals surface area contributed by atoms with E-state index in [1.807, 2.05) is 13.2 Å². The number of furan rings is 1. The highest BCUT2D eigenvalue weighted by molar-refractivity contribution is 5.15. The number of piperidine rings is 2. The van der Waals surface area contributed by atoms with Gasteiger partial charge >= 0.3 is 0 Å². The van der Waals surface area contributed by atoms with Crippen molar-refractivity contribution in [2.75, 3.05) is 6.54 Å². The summed E-state index contributed by atoms with van der Waals surface area (Å²) in [5, 5.41) is 10.3. The van der Waals surface area contributed by atoms with Crippen LogP contribution in [0, 0.1) is 5.92 Å². The SMILES string of the molecule is C[C@@H]1CC[C@@H](c2ccoc2)N2C[C@@](C)(O)CC[C@@H]12. The number of hydrogen-bond acceptors (Lipinski definition) is 3. The predicted octanol–water partition coefficient (Wildman–Crippen LogP) is 2.97. The van der Waals surface area contributed by atoms with E-state index in [4.69, 9.17) is 4.42 Å². The smallest absolute Gasteiger partial charge is 0.0950 e. The van der Waals surface area contributed by atoms with E-state index in [9.17, 15) is 5.11 Å². The lowest BCUT2D eigenvalue weighted by Gasteiger charge is -2.51. The molecule has 3 rings (SSSR count). The van der Waals surface area contributed by atoms with Crippen LogP contribution < -0.4 is 0 Å². The minimum atomic E-state index is -0.532. The second-order valence-electron chi connectivity index (χ2n) is 6.40. The van der Waals surface area contributed by atoms with Crippen molar-refractivity contribution in [3.05, 3.63) is 24.2 Å². The monoisotopic (exact) mass is 249 g/mol. The molecule has 3 heteroatoms. The first-order chi connectivity index (χ1) is 8.57. The molecule has 2 aliphatic rings. The Labute approximate surface area is 109 Å². The minimum Gasteiger partial charge on any atom is -0.472 e. The summed E-state index contributed by atoms with van der Waals surface area (Å²) >= 11 is 0. The number of aliphatic hydroxyl groups is 1. The van der Waals surface area contributed by atoms with Gasteiger partial charge in [0.2, 0.25) is 0 Å². The van der Waals surface area contributed by atoms with Gasteiger partial charge in [-0.15, -0.1) is 0 Å². The third-order valence-electron chi connectivity index (χ3n) is 4.81. The highest BCUT2D eigenvalue weighted by atomic mass is 16.3. The highest BCUT2D eigenvalue weighted by Crippen LogP contribution is 2.43. The molecule has 3 nitrogen and oxygen atoms in total. The molecule has 0 amide bonds. The summed E-state index contributed by atoms with van der Waals surface area (Å²) in [6, 6.07) is 3.12. The zero-order valence-corrected chi connectivity index (χ0v) is 11.3. The molecule has 2 fully saturated rings. The average Bonchev–Trinajstić information content (AvgIpc) is 2.81. The molecule has 1 aromatic rings. The van der Waals surface area contributed by atoms with Gasteiger partial charge in [-0.3, -0.25) is 4.90 Å². The zero-order valence-electron chi connectivity index (χ0n) is 11.3. The van der Waals surface area contributed by atoms with Crippen LogP contribution in [0.25, 0.3) is 0 Å². The summed E-state index contributed by atoms with van der Waals surface area (Å²) in [7, 11) is 0. The van der Waals surface area contributed by atoms with Gasteiger partial charge in [0.1, 0.15) is 0 Å². The molecule has 100 valence electrons. The van der Waals surface area contributed by atoms with Gasteiger partial charge in [-0.2, -0.15) is 0 Å². The van der Waals surface area contributed by atoms with Gasteiger partial charge in [0.15, 0.2) is 0 Å². The third-order valence-corrected chi connectivity index (χ3v) is 4.81. The molecular formula is C15H23NO2. The van der Waals surface area contributed by atoms with E-state index in [0.717, 1.165) is 25.3 Å². The van der Waals surface area contributed by atoms with Gasteiger partial charge in [0.25, 0.3) is 0 Å². The topological polar surface area (TPSA) is 36.6 Å². The molecule has 1 N–H and O–H groups in total. The Morgan fingerprint density at radius 2 is 2.22 bits per heavy atom. The van der Waals surface area contributed by atoms with Gasteiger partial charge in [0.05, 0.1) is 18.1 Å². The van der Waals surface area contributed by atoms with E-state index < -0.39 is 5.60 Å². The summed E-state index contributed by atoms with van der Waals surface area (Å²) in [5.74, 6) is 0.740. The first-order valence-electron chi connectivity index (χ1n) is 7.07. The number of hydrogen-bond donors (Lipinski definition) is 1. The second kappa shape index (κ2) is 4.39. The van der Waals surface area contributed by atoms with E-state index in [1.54, 1.807) is 6.26 Å². The fourth-order valence-corrected chi connectivity index (χ4v) is 3.77. The molecule has 0 unspecified atom stereocenters. The van der Waals surface area contributed by atoms with Gasteiger partial charge in [0, 0.05) is 24.2 Å². The summed E-state index contributed by atoms with van der Waals surface area (Å²) in [5.41, 5.74) is 0.736. The second-order valence-corrected chi connectivity index (χ2v) is 6.40. The number of rotatable bonds is 1. The molecular weight excluding hydrogens is 226 g/mol. The van der Waals surface area contributed by atoms with Crippen LogP contribution in [0.3, 0.4) is 0 Å². The van der Waals surface area contributed by atoms with Crippen LogP contribution in [-0.4, -0.2) is 28.2 Å². The Kier molecular flexibility index (Phi) is 2.99. The van der Waals surface area contributed by atoms with E-state index in [1.165, 1.54) is 18.4 Å². The fraction of sp³-hybridized carbons (Fsp3) is 0.733. The van der Waals surface area contributed by atoms with Crippen molar-refractivity contribution in [1.29, 1.82) is 0 Å². The van der Waals surface area contributed by atoms with Crippen LogP contribution in [0.4, 0.5) is 0 Å². The van der Waals surface area contributed by atoms with E-state index >= 15 is 0 Å². The first-order valence-corrected chi connectivity index (χ1v) is 7.07. The van der Waals surface area contributed by atoms with Crippen molar-refractivity contribution in [1.82, 2.24) is 4.90 Å². The summed E-state index contributed by atoms with van der Waals surface area (Å²) in [6.45, 7) is 5.11. The predicted molar refractivity (Wildman–Crippen MR) is 70.2 cm³/mol. The molecule has 0 bridgehead atoms. The molecule has 0 spiro atoms. The zero-order chi connectivity index (χ0) is 12.8. The molecule has 1 aromatic heterocycles. The van der Waals surface area contributed by atoms with Crippen LogP contribution in [0.15, 0.2) is 23.0 Å². The van der Waals surface area contributed by atoms with Crippen molar-refractivity contribution in [3.8, 4) is 0 Å². The van der Waals surface area contributed by atoms with Crippen molar-refractivity contribution < 1.29 is 9.52 Å². The normalized spacial score (nSPS) is 41.6. The molecule has 0 aliphatic carbocycles. The molecule has 0 saturated carbocycles. The molecule has 0 aromatic carbocycles. The summed E-state index contributed by atoms with van der Waals surface area (Å²) < 4.78 is 5.24. The third kappa shape index (κ3) is 2.10. The maximum atomic E-state index is 10.3. The Morgan fingerprint density at radius 3 is 2.94 bits per heavy atom. The van der Waals surface area contributed by atoms with E-state index in [0.29, 0.717) is 12.1 Å². The minimum absolute atomic E-state index is 0.428. The van der Waals surface area contributed by atoms with Crippen LogP contribution in [0.5, 0.6) is 0 Å². The van der Waals surface area contributed by atoms with Gasteiger partial charge < -0.3 is 9.52 Å². The Morgan fingerprint density at radius 1 is 1.39 bits per heavy atom. The lowest BCUT2D eigenvalue weighted by Crippen LogP contribution is -2.56. The lowest BCUT2D eigenvalue weighted by atomic mass is 9.77. The van der Waals surface area contributed by atoms with Crippen LogP contribution in [0.2, 0.25) is 0 Å². The Balaban J connectivity index is 1.87. The van der Waals surface area contributed by atoms with Crippen molar-refractivity contribution in [3.63, 3.8) is 0 Å². The van der Waals surface area contributed by atoms with Crippen LogP contribution >= 0.6 is 0 Å². The van der Waals surface area contributed by atoms with Gasteiger partial charge in [-0.05, 0) is 44.6 Å². The van der Waals surface area contributed by atoms with Gasteiger partial charge in [-0.1, -0.05) is 6.92 Å². The Hall–Kier alpha value is -0.800. The Bertz CT molecular complexity index is 399. The standard InChI is InChI=1S/C15H23NO2/c1-11-3-4-14(12-6-8-18-9-12)16-10-15(2,17)7-5-13(11)16/h6,8-9,11,13-14,17H,3-5,7,10H2,1-2H3/t11-,13+,14+,15+/m1/s1. The van der Waals surface area contributed by atoms with Crippen LogP contribution in [-0.2, 0) is 0 Å².